The number of rotatable bonds is 0. The van der Waals surface area contributed by atoms with Gasteiger partial charge in [0.05, 0.1) is 0 Å². The molecule has 0 aromatic carbocycles. The van der Waals surface area contributed by atoms with Crippen LogP contribution in [0.5, 0.6) is 0 Å². The van der Waals surface area contributed by atoms with Crippen molar-refractivity contribution in [1.29, 1.82) is 0 Å². The number of hydrogen-bond donors (Lipinski definition) is 0. The number of hydrogen-bond acceptors (Lipinski definition) is 2. The maximum atomic E-state index is 4.40. The highest BCUT2D eigenvalue weighted by molar-refractivity contribution is 6.13. The van der Waals surface area contributed by atoms with Gasteiger partial charge in [0.25, 0.3) is 0 Å². The fourth-order valence-corrected chi connectivity index (χ4v) is 0.0833. The summed E-state index contributed by atoms with van der Waals surface area (Å²) in [5, 5.41) is 0. The topological polar surface area (TPSA) is 25.1 Å². The van der Waals surface area contributed by atoms with E-state index in [0.717, 1.165) is 0 Å². The van der Waals surface area contributed by atoms with Gasteiger partial charge in [0.2, 0.25) is 0 Å². The first-order chi connectivity index (χ1) is 2.21. The lowest BCUT2D eigenvalue weighted by Gasteiger charge is -1.72. The van der Waals surface area contributed by atoms with Crippen molar-refractivity contribution in [2.45, 2.75) is 12.6 Å². The summed E-state index contributed by atoms with van der Waals surface area (Å²) in [5.41, 5.74) is -0.250. The van der Waals surface area contributed by atoms with E-state index in [0.29, 0.717) is 0 Å². The van der Waals surface area contributed by atoms with E-state index in [4.69, 9.17) is 0 Å². The fraction of sp³-hybridized carbons (Fsp3) is 1.00. The highest BCUT2D eigenvalue weighted by atomic mass is 17.4. The first kappa shape index (κ1) is 3.19. The minimum Gasteiger partial charge on any atom is -0.207 e. The third-order valence-corrected chi connectivity index (χ3v) is 0.417. The second-order valence-corrected chi connectivity index (χ2v) is 1.57. The molecule has 0 aromatic rings. The summed E-state index contributed by atoms with van der Waals surface area (Å²) >= 11 is 0. The minimum atomic E-state index is -0.250. The van der Waals surface area contributed by atoms with Gasteiger partial charge >= 0.3 is 0 Å². The van der Waals surface area contributed by atoms with Crippen LogP contribution in [0.3, 0.4) is 0 Å². The van der Waals surface area contributed by atoms with E-state index in [9.17, 15) is 0 Å². The summed E-state index contributed by atoms with van der Waals surface area (Å²) < 4.78 is 0. The van der Waals surface area contributed by atoms with Gasteiger partial charge in [0.15, 0.2) is 13.5 Å². The molecule has 0 bridgehead atoms. The molecule has 1 aliphatic heterocycles. The lowest BCUT2D eigenvalue weighted by atomic mass is 10.00. The summed E-state index contributed by atoms with van der Waals surface area (Å²) in [5.74, 6) is 0. The van der Waals surface area contributed by atoms with Crippen LogP contribution in [0, 0.1) is 0 Å². The van der Waals surface area contributed by atoms with Crippen molar-refractivity contribution in [3.8, 4) is 0 Å². The Labute approximate surface area is 31.4 Å². The lowest BCUT2D eigenvalue weighted by molar-refractivity contribution is 0.0850. The molecule has 0 spiro atoms. The van der Waals surface area contributed by atoms with Crippen LogP contribution in [0.2, 0.25) is 0 Å². The Morgan fingerprint density at radius 2 is 1.80 bits per heavy atom. The van der Waals surface area contributed by atoms with E-state index in [-0.39, 0.29) is 5.69 Å². The molecule has 2 nitrogen and oxygen atoms in total. The minimum absolute atomic E-state index is 0.250. The molecule has 1 saturated heterocycles. The molecule has 0 saturated carbocycles. The largest absolute Gasteiger partial charge is 0.207 e. The summed E-state index contributed by atoms with van der Waals surface area (Å²) in [6, 6.07) is 0. The SMILES string of the molecule is BC1(C)OO1. The van der Waals surface area contributed by atoms with Crippen molar-refractivity contribution in [2.24, 2.45) is 0 Å². The zero-order chi connectivity index (χ0) is 3.91. The highest BCUT2D eigenvalue weighted by Gasteiger charge is 2.36. The van der Waals surface area contributed by atoms with Gasteiger partial charge in [-0.1, -0.05) is 0 Å². The van der Waals surface area contributed by atoms with E-state index in [2.05, 4.69) is 9.78 Å². The van der Waals surface area contributed by atoms with E-state index in [1.54, 1.807) is 0 Å². The molecular formula is C2H5BO2. The summed E-state index contributed by atoms with van der Waals surface area (Å²) in [6.07, 6.45) is 0. The predicted octanol–water partition coefficient (Wildman–Crippen LogP) is -0.745. The first-order valence-electron chi connectivity index (χ1n) is 1.57. The van der Waals surface area contributed by atoms with Crippen molar-refractivity contribution in [3.05, 3.63) is 0 Å². The normalized spacial score (nSPS) is 29.8. The first-order valence-corrected chi connectivity index (χ1v) is 1.57. The van der Waals surface area contributed by atoms with Crippen LogP contribution in [0.1, 0.15) is 6.92 Å². The van der Waals surface area contributed by atoms with Crippen LogP contribution >= 0.6 is 0 Å². The Bertz CT molecular complexity index is 45.6. The quantitative estimate of drug-likeness (QED) is 0.214. The molecule has 1 aliphatic rings. The monoisotopic (exact) mass is 72.0 g/mol. The summed E-state index contributed by atoms with van der Waals surface area (Å²) in [7, 11) is 1.85. The maximum Gasteiger partial charge on any atom is 0.191 e. The molecule has 3 heteroatoms. The third-order valence-electron chi connectivity index (χ3n) is 0.417. The molecule has 0 N–H and O–H groups in total. The van der Waals surface area contributed by atoms with Gasteiger partial charge in [-0.25, -0.2) is 9.78 Å². The Hall–Kier alpha value is -0.0151. The summed E-state index contributed by atoms with van der Waals surface area (Å²) in [6.45, 7) is 1.85. The van der Waals surface area contributed by atoms with Crippen LogP contribution in [-0.2, 0) is 9.78 Å². The highest BCUT2D eigenvalue weighted by Crippen LogP contribution is 2.22. The average Bonchev–Trinajstić information content (AvgIpc) is 1.76. The molecular weight excluding hydrogens is 66.8 g/mol. The Morgan fingerprint density at radius 3 is 1.80 bits per heavy atom. The Kier molecular flexibility index (Phi) is 0.355. The van der Waals surface area contributed by atoms with Crippen LogP contribution in [0.4, 0.5) is 0 Å². The molecule has 0 atom stereocenters. The molecule has 0 aromatic heterocycles. The van der Waals surface area contributed by atoms with E-state index in [1.807, 2.05) is 14.8 Å². The van der Waals surface area contributed by atoms with Gasteiger partial charge in [0.1, 0.15) is 0 Å². The zero-order valence-corrected chi connectivity index (χ0v) is 3.32. The fourth-order valence-electron chi connectivity index (χ4n) is 0.0833. The third kappa shape index (κ3) is 0.632. The summed E-state index contributed by atoms with van der Waals surface area (Å²) in [4.78, 5) is 8.79. The van der Waals surface area contributed by atoms with Crippen LogP contribution in [0.15, 0.2) is 0 Å². The Balaban J connectivity index is 2.38. The van der Waals surface area contributed by atoms with E-state index >= 15 is 0 Å². The molecule has 0 aliphatic carbocycles. The average molecular weight is 71.9 g/mol. The molecule has 1 rings (SSSR count). The molecule has 1 heterocycles. The van der Waals surface area contributed by atoms with Gasteiger partial charge in [-0.15, -0.1) is 0 Å². The molecule has 28 valence electrons. The van der Waals surface area contributed by atoms with Crippen LogP contribution < -0.4 is 0 Å². The van der Waals surface area contributed by atoms with Crippen LogP contribution in [0.25, 0.3) is 0 Å². The van der Waals surface area contributed by atoms with Crippen LogP contribution in [-0.4, -0.2) is 13.5 Å². The van der Waals surface area contributed by atoms with Gasteiger partial charge in [-0.05, 0) is 6.92 Å². The van der Waals surface area contributed by atoms with E-state index < -0.39 is 0 Å². The van der Waals surface area contributed by atoms with E-state index in [1.165, 1.54) is 0 Å². The molecule has 0 unspecified atom stereocenters. The van der Waals surface area contributed by atoms with Crippen molar-refractivity contribution in [2.75, 3.05) is 0 Å². The van der Waals surface area contributed by atoms with Gasteiger partial charge in [-0.3, -0.25) is 0 Å². The van der Waals surface area contributed by atoms with Crippen molar-refractivity contribution in [1.82, 2.24) is 0 Å². The second kappa shape index (κ2) is 0.557. The predicted molar refractivity (Wildman–Crippen MR) is 19.1 cm³/mol. The van der Waals surface area contributed by atoms with Crippen molar-refractivity contribution in [3.63, 3.8) is 0 Å². The van der Waals surface area contributed by atoms with Crippen molar-refractivity contribution < 1.29 is 9.78 Å². The molecule has 1 fully saturated rings. The smallest absolute Gasteiger partial charge is 0.191 e. The molecule has 0 radical (unpaired) electrons. The zero-order valence-electron chi connectivity index (χ0n) is 3.32. The second-order valence-electron chi connectivity index (χ2n) is 1.57. The van der Waals surface area contributed by atoms with Gasteiger partial charge < -0.3 is 0 Å². The molecule has 5 heavy (non-hydrogen) atoms. The lowest BCUT2D eigenvalue weighted by Crippen LogP contribution is -1.98. The van der Waals surface area contributed by atoms with Gasteiger partial charge in [-0.2, -0.15) is 0 Å². The standard InChI is InChI=1S/C2H5BO2/c1-2(3)4-5-2/h3H2,1H3. The molecule has 0 amide bonds. The Morgan fingerprint density at radius 1 is 1.60 bits per heavy atom. The van der Waals surface area contributed by atoms with Gasteiger partial charge in [0, 0.05) is 0 Å². The van der Waals surface area contributed by atoms with Crippen molar-refractivity contribution >= 4 is 7.85 Å². The maximum absolute atomic E-state index is 4.40.